The van der Waals surface area contributed by atoms with E-state index in [0.29, 0.717) is 16.1 Å². The highest BCUT2D eigenvalue weighted by Crippen LogP contribution is 2.26. The molecule has 0 radical (unpaired) electrons. The zero-order chi connectivity index (χ0) is 13.8. The molecule has 4 heteroatoms. The van der Waals surface area contributed by atoms with Crippen molar-refractivity contribution in [3.05, 3.63) is 58.1 Å². The van der Waals surface area contributed by atoms with Gasteiger partial charge in [-0.25, -0.2) is 0 Å². The molecule has 0 amide bonds. The van der Waals surface area contributed by atoms with Gasteiger partial charge in [0.1, 0.15) is 12.1 Å². The topological polar surface area (TPSA) is 59.6 Å². The number of nitriles is 2. The van der Waals surface area contributed by atoms with Crippen molar-refractivity contribution >= 4 is 23.0 Å². The van der Waals surface area contributed by atoms with Gasteiger partial charge in [0.2, 0.25) is 0 Å². The van der Waals surface area contributed by atoms with E-state index in [1.54, 1.807) is 18.2 Å². The van der Waals surface area contributed by atoms with Gasteiger partial charge >= 0.3 is 0 Å². The maximum atomic E-state index is 9.15. The lowest BCUT2D eigenvalue weighted by Crippen LogP contribution is -1.95. The molecule has 0 bridgehead atoms. The summed E-state index contributed by atoms with van der Waals surface area (Å²) in [4.78, 5) is 0. The minimum absolute atomic E-state index is 0.388. The molecule has 0 aromatic heterocycles. The maximum absolute atomic E-state index is 9.15. The molecule has 0 aliphatic rings. The van der Waals surface area contributed by atoms with E-state index < -0.39 is 0 Å². The molecule has 0 saturated heterocycles. The number of hydrogen-bond acceptors (Lipinski definition) is 3. The number of nitrogens with zero attached hydrogens (tertiary/aromatic N) is 2. The fourth-order valence-electron chi connectivity index (χ4n) is 1.76. The standard InChI is InChI=1S/C15H10ClN3/c1-10-3-2-4-15(13(10)9-18)19-12-6-5-11(8-17)14(16)7-12/h2-7,19H,1H3. The maximum Gasteiger partial charge on any atom is 0.102 e. The average Bonchev–Trinajstić information content (AvgIpc) is 2.39. The minimum Gasteiger partial charge on any atom is -0.354 e. The van der Waals surface area contributed by atoms with Crippen LogP contribution in [0.4, 0.5) is 11.4 Å². The van der Waals surface area contributed by atoms with Gasteiger partial charge in [-0.15, -0.1) is 0 Å². The molecule has 92 valence electrons. The molecular formula is C15H10ClN3. The molecule has 2 aromatic carbocycles. The number of halogens is 1. The van der Waals surface area contributed by atoms with Gasteiger partial charge in [-0.1, -0.05) is 23.7 Å². The molecule has 0 unspecified atom stereocenters. The van der Waals surface area contributed by atoms with E-state index in [1.165, 1.54) is 0 Å². The van der Waals surface area contributed by atoms with Crippen LogP contribution in [0, 0.1) is 29.6 Å². The number of anilines is 2. The Bertz CT molecular complexity index is 708. The first-order chi connectivity index (χ1) is 9.15. The largest absolute Gasteiger partial charge is 0.354 e. The third-order valence-corrected chi connectivity index (χ3v) is 3.07. The van der Waals surface area contributed by atoms with Crippen molar-refractivity contribution in [3.63, 3.8) is 0 Å². The van der Waals surface area contributed by atoms with Crippen molar-refractivity contribution in [2.45, 2.75) is 6.92 Å². The lowest BCUT2D eigenvalue weighted by atomic mass is 10.1. The van der Waals surface area contributed by atoms with E-state index in [0.717, 1.165) is 16.9 Å². The smallest absolute Gasteiger partial charge is 0.102 e. The molecule has 0 aliphatic heterocycles. The number of benzene rings is 2. The van der Waals surface area contributed by atoms with E-state index in [4.69, 9.17) is 22.1 Å². The van der Waals surface area contributed by atoms with Gasteiger partial charge in [-0.2, -0.15) is 10.5 Å². The molecule has 2 aromatic rings. The SMILES string of the molecule is Cc1cccc(Nc2ccc(C#N)c(Cl)c2)c1C#N. The Morgan fingerprint density at radius 2 is 1.89 bits per heavy atom. The van der Waals surface area contributed by atoms with E-state index in [-0.39, 0.29) is 0 Å². The van der Waals surface area contributed by atoms with Crippen molar-refractivity contribution in [2.75, 3.05) is 5.32 Å². The van der Waals surface area contributed by atoms with Crippen LogP contribution in [0.15, 0.2) is 36.4 Å². The highest BCUT2D eigenvalue weighted by atomic mass is 35.5. The molecule has 3 nitrogen and oxygen atoms in total. The summed E-state index contributed by atoms with van der Waals surface area (Å²) in [5.74, 6) is 0. The number of nitrogens with one attached hydrogen (secondary N) is 1. The van der Waals surface area contributed by atoms with E-state index in [9.17, 15) is 0 Å². The Morgan fingerprint density at radius 3 is 2.53 bits per heavy atom. The molecular weight excluding hydrogens is 258 g/mol. The van der Waals surface area contributed by atoms with Gasteiger partial charge in [0, 0.05) is 5.69 Å². The van der Waals surface area contributed by atoms with Crippen LogP contribution in [0.25, 0.3) is 0 Å². The van der Waals surface area contributed by atoms with Crippen LogP contribution in [0.2, 0.25) is 5.02 Å². The van der Waals surface area contributed by atoms with Gasteiger partial charge in [-0.3, -0.25) is 0 Å². The Balaban J connectivity index is 2.38. The molecule has 0 saturated carbocycles. The first-order valence-corrected chi connectivity index (χ1v) is 6.00. The Morgan fingerprint density at radius 1 is 1.11 bits per heavy atom. The number of hydrogen-bond donors (Lipinski definition) is 1. The third kappa shape index (κ3) is 2.68. The van der Waals surface area contributed by atoms with Crippen LogP contribution in [-0.4, -0.2) is 0 Å². The molecule has 0 fully saturated rings. The predicted molar refractivity (Wildman–Crippen MR) is 75.3 cm³/mol. The lowest BCUT2D eigenvalue weighted by molar-refractivity contribution is 1.38. The summed E-state index contributed by atoms with van der Waals surface area (Å²) in [7, 11) is 0. The highest BCUT2D eigenvalue weighted by Gasteiger charge is 2.06. The second-order valence-electron chi connectivity index (χ2n) is 4.04. The van der Waals surface area contributed by atoms with Crippen molar-refractivity contribution in [3.8, 4) is 12.1 Å². The lowest BCUT2D eigenvalue weighted by Gasteiger charge is -2.10. The minimum atomic E-state index is 0.388. The second kappa shape index (κ2) is 5.44. The average molecular weight is 268 g/mol. The van der Waals surface area contributed by atoms with Gasteiger partial charge < -0.3 is 5.32 Å². The van der Waals surface area contributed by atoms with Gasteiger partial charge in [0.05, 0.1) is 21.8 Å². The fraction of sp³-hybridized carbons (Fsp3) is 0.0667. The Labute approximate surface area is 116 Å². The quantitative estimate of drug-likeness (QED) is 0.890. The third-order valence-electron chi connectivity index (χ3n) is 2.75. The summed E-state index contributed by atoms with van der Waals surface area (Å²) in [5.41, 5.74) is 3.40. The zero-order valence-corrected chi connectivity index (χ0v) is 11.0. The number of rotatable bonds is 2. The van der Waals surface area contributed by atoms with Crippen molar-refractivity contribution in [2.24, 2.45) is 0 Å². The summed E-state index contributed by atoms with van der Waals surface area (Å²) in [5, 5.41) is 21.5. The first-order valence-electron chi connectivity index (χ1n) is 5.62. The zero-order valence-electron chi connectivity index (χ0n) is 10.2. The highest BCUT2D eigenvalue weighted by molar-refractivity contribution is 6.32. The van der Waals surface area contributed by atoms with Gasteiger partial charge in [-0.05, 0) is 36.8 Å². The predicted octanol–water partition coefficient (Wildman–Crippen LogP) is 4.14. The van der Waals surface area contributed by atoms with E-state index in [1.807, 2.05) is 31.2 Å². The summed E-state index contributed by atoms with van der Waals surface area (Å²) in [6.45, 7) is 1.88. The monoisotopic (exact) mass is 267 g/mol. The molecule has 2 rings (SSSR count). The molecule has 0 spiro atoms. The molecule has 0 atom stereocenters. The van der Waals surface area contributed by atoms with Crippen molar-refractivity contribution < 1.29 is 0 Å². The van der Waals surface area contributed by atoms with Crippen molar-refractivity contribution in [1.29, 1.82) is 10.5 Å². The van der Waals surface area contributed by atoms with Crippen LogP contribution >= 0.6 is 11.6 Å². The molecule has 1 N–H and O–H groups in total. The summed E-state index contributed by atoms with van der Waals surface area (Å²) < 4.78 is 0. The number of aryl methyl sites for hydroxylation is 1. The summed E-state index contributed by atoms with van der Waals surface area (Å²) >= 11 is 5.97. The molecule has 19 heavy (non-hydrogen) atoms. The van der Waals surface area contributed by atoms with Crippen LogP contribution in [0.3, 0.4) is 0 Å². The van der Waals surface area contributed by atoms with Crippen LogP contribution in [0.5, 0.6) is 0 Å². The summed E-state index contributed by atoms with van der Waals surface area (Å²) in [6, 6.07) is 14.8. The van der Waals surface area contributed by atoms with E-state index >= 15 is 0 Å². The molecule has 0 heterocycles. The summed E-state index contributed by atoms with van der Waals surface area (Å²) in [6.07, 6.45) is 0. The second-order valence-corrected chi connectivity index (χ2v) is 4.45. The van der Waals surface area contributed by atoms with Crippen LogP contribution < -0.4 is 5.32 Å². The fourth-order valence-corrected chi connectivity index (χ4v) is 1.98. The van der Waals surface area contributed by atoms with Gasteiger partial charge in [0.25, 0.3) is 0 Å². The Kier molecular flexibility index (Phi) is 3.71. The first kappa shape index (κ1) is 13.0. The van der Waals surface area contributed by atoms with E-state index in [2.05, 4.69) is 11.4 Å². The van der Waals surface area contributed by atoms with Gasteiger partial charge in [0.15, 0.2) is 0 Å². The van der Waals surface area contributed by atoms with Crippen LogP contribution in [0.1, 0.15) is 16.7 Å². The van der Waals surface area contributed by atoms with Crippen molar-refractivity contribution in [1.82, 2.24) is 0 Å². The molecule has 0 aliphatic carbocycles. The normalized spacial score (nSPS) is 9.47. The Hall–Kier alpha value is -2.49. The van der Waals surface area contributed by atoms with Crippen LogP contribution in [-0.2, 0) is 0 Å².